The minimum Gasteiger partial charge on any atom is -0.451 e. The van der Waals surface area contributed by atoms with E-state index in [0.29, 0.717) is 41.2 Å². The van der Waals surface area contributed by atoms with E-state index in [1.165, 1.54) is 6.07 Å². The van der Waals surface area contributed by atoms with Crippen LogP contribution in [0.15, 0.2) is 53.5 Å². The SMILES string of the molecule is CN1CCCC1CCNC(=O)c1cn2c3c(c(N[C@H]4CN5CCC4CC5)c(F)cc3c1=O)Oc1cc3ccccc3cc1-2. The van der Waals surface area contributed by atoms with Gasteiger partial charge in [0.2, 0.25) is 5.43 Å². The van der Waals surface area contributed by atoms with Crippen molar-refractivity contribution in [3.63, 3.8) is 0 Å². The first-order valence-corrected chi connectivity index (χ1v) is 15.5. The van der Waals surface area contributed by atoms with Gasteiger partial charge in [-0.05, 0) is 93.7 Å². The first-order valence-electron chi connectivity index (χ1n) is 15.5. The largest absolute Gasteiger partial charge is 0.451 e. The average molecular weight is 582 g/mol. The van der Waals surface area contributed by atoms with Gasteiger partial charge >= 0.3 is 0 Å². The Bertz CT molecular complexity index is 1830. The number of fused-ring (bicyclic) bond motifs is 6. The number of piperidine rings is 3. The molecule has 5 aliphatic rings. The van der Waals surface area contributed by atoms with Crippen molar-refractivity contribution in [1.82, 2.24) is 19.7 Å². The molecule has 9 rings (SSSR count). The molecule has 43 heavy (non-hydrogen) atoms. The summed E-state index contributed by atoms with van der Waals surface area (Å²) in [5, 5.41) is 8.58. The molecule has 0 radical (unpaired) electrons. The molecule has 0 aliphatic carbocycles. The number of amides is 1. The van der Waals surface area contributed by atoms with Crippen LogP contribution in [0.4, 0.5) is 10.1 Å². The number of anilines is 1. The van der Waals surface area contributed by atoms with Crippen LogP contribution in [-0.4, -0.2) is 72.1 Å². The maximum atomic E-state index is 16.1. The zero-order valence-corrected chi connectivity index (χ0v) is 24.4. The zero-order chi connectivity index (χ0) is 29.2. The lowest BCUT2D eigenvalue weighted by molar-refractivity contribution is 0.0949. The number of rotatable bonds is 6. The summed E-state index contributed by atoms with van der Waals surface area (Å²) in [4.78, 5) is 32.0. The fraction of sp³-hybridized carbons (Fsp3) is 0.412. The van der Waals surface area contributed by atoms with Gasteiger partial charge in [0.1, 0.15) is 16.8 Å². The molecular formula is C34H36FN5O3. The monoisotopic (exact) mass is 581 g/mol. The zero-order valence-electron chi connectivity index (χ0n) is 24.4. The predicted molar refractivity (Wildman–Crippen MR) is 166 cm³/mol. The molecule has 2 bridgehead atoms. The average Bonchev–Trinajstić information content (AvgIpc) is 3.43. The van der Waals surface area contributed by atoms with Crippen molar-refractivity contribution in [3.05, 3.63) is 70.3 Å². The van der Waals surface area contributed by atoms with Gasteiger partial charge in [0, 0.05) is 31.4 Å². The lowest BCUT2D eigenvalue weighted by atomic mass is 9.84. The van der Waals surface area contributed by atoms with Crippen molar-refractivity contribution in [3.8, 4) is 17.2 Å². The Morgan fingerprint density at radius 1 is 1.07 bits per heavy atom. The smallest absolute Gasteiger partial charge is 0.256 e. The van der Waals surface area contributed by atoms with Crippen molar-refractivity contribution in [2.24, 2.45) is 5.92 Å². The highest BCUT2D eigenvalue weighted by Gasteiger charge is 2.36. The van der Waals surface area contributed by atoms with E-state index in [9.17, 15) is 9.59 Å². The number of carbonyl (C=O) groups excluding carboxylic acids is 1. The van der Waals surface area contributed by atoms with Crippen LogP contribution in [0.2, 0.25) is 0 Å². The molecule has 4 aromatic rings. The van der Waals surface area contributed by atoms with Crippen LogP contribution in [0.1, 0.15) is 42.5 Å². The second-order valence-corrected chi connectivity index (χ2v) is 12.7. The third kappa shape index (κ3) is 4.48. The van der Waals surface area contributed by atoms with Gasteiger partial charge in [-0.2, -0.15) is 0 Å². The number of hydrogen-bond donors (Lipinski definition) is 2. The van der Waals surface area contributed by atoms with Crippen LogP contribution in [0.5, 0.6) is 11.5 Å². The molecule has 2 atom stereocenters. The highest BCUT2D eigenvalue weighted by Crippen LogP contribution is 2.47. The van der Waals surface area contributed by atoms with Gasteiger partial charge in [-0.15, -0.1) is 0 Å². The Kier molecular flexibility index (Phi) is 6.42. The first-order chi connectivity index (χ1) is 20.9. The second kappa shape index (κ2) is 10.3. The number of halogens is 1. The number of aromatic nitrogens is 1. The molecule has 1 aromatic heterocycles. The van der Waals surface area contributed by atoms with Gasteiger partial charge in [-0.1, -0.05) is 24.3 Å². The van der Waals surface area contributed by atoms with E-state index in [4.69, 9.17) is 4.74 Å². The molecule has 1 unspecified atom stereocenters. The minimum atomic E-state index is -0.548. The lowest BCUT2D eigenvalue weighted by Gasteiger charge is -2.45. The molecule has 4 fully saturated rings. The summed E-state index contributed by atoms with van der Waals surface area (Å²) >= 11 is 0. The molecule has 2 N–H and O–H groups in total. The Morgan fingerprint density at radius 3 is 2.58 bits per heavy atom. The summed E-state index contributed by atoms with van der Waals surface area (Å²) in [5.74, 6) is 0.316. The second-order valence-electron chi connectivity index (χ2n) is 12.7. The van der Waals surface area contributed by atoms with Crippen molar-refractivity contribution >= 4 is 33.3 Å². The Hall–Kier alpha value is -3.95. The van der Waals surface area contributed by atoms with Crippen molar-refractivity contribution in [2.45, 2.75) is 44.2 Å². The Balaban J connectivity index is 1.24. The van der Waals surface area contributed by atoms with Crippen LogP contribution in [0.25, 0.3) is 27.4 Å². The Labute approximate surface area is 249 Å². The summed E-state index contributed by atoms with van der Waals surface area (Å²) in [6.07, 6.45) is 6.86. The standard InChI is InChI=1S/C34H36FN5O3/c1-38-12-4-7-23(38)8-11-36-34(42)25-18-40-28-15-21-5-2-3-6-22(21)16-29(28)43-33-30(26(35)17-24(31(33)40)32(25)41)37-27-19-39-13-9-20(27)10-14-39/h2-3,5-6,15-18,20,23,27,37H,4,7-14,19H2,1H3,(H,36,42)/t23?,27-/m0/s1. The summed E-state index contributed by atoms with van der Waals surface area (Å²) in [6.45, 7) is 4.54. The van der Waals surface area contributed by atoms with E-state index >= 15 is 4.39 Å². The summed E-state index contributed by atoms with van der Waals surface area (Å²) < 4.78 is 24.4. The van der Waals surface area contributed by atoms with Crippen LogP contribution in [0.3, 0.4) is 0 Å². The van der Waals surface area contributed by atoms with Gasteiger partial charge in [0.05, 0.1) is 11.1 Å². The number of hydrogen-bond acceptors (Lipinski definition) is 6. The minimum absolute atomic E-state index is 0.00302. The van der Waals surface area contributed by atoms with E-state index in [2.05, 4.69) is 27.5 Å². The summed E-state index contributed by atoms with van der Waals surface area (Å²) in [6, 6.07) is 13.7. The number of ether oxygens (including phenoxy) is 1. The maximum absolute atomic E-state index is 16.1. The molecule has 9 heteroatoms. The van der Waals surface area contributed by atoms with E-state index in [1.54, 1.807) is 6.20 Å². The summed E-state index contributed by atoms with van der Waals surface area (Å²) in [7, 11) is 2.11. The molecule has 6 heterocycles. The van der Waals surface area contributed by atoms with Gasteiger partial charge in [0.25, 0.3) is 5.91 Å². The fourth-order valence-electron chi connectivity index (χ4n) is 7.70. The van der Waals surface area contributed by atoms with Crippen molar-refractivity contribution in [2.75, 3.05) is 45.1 Å². The van der Waals surface area contributed by atoms with Gasteiger partial charge in [-0.3, -0.25) is 9.59 Å². The van der Waals surface area contributed by atoms with E-state index in [0.717, 1.165) is 69.1 Å². The number of pyridine rings is 1. The van der Waals surface area contributed by atoms with E-state index in [-0.39, 0.29) is 22.7 Å². The molecule has 0 spiro atoms. The highest BCUT2D eigenvalue weighted by molar-refractivity contribution is 6.02. The van der Waals surface area contributed by atoms with Crippen LogP contribution < -0.4 is 20.8 Å². The molecule has 222 valence electrons. The quantitative estimate of drug-likeness (QED) is 0.290. The van der Waals surface area contributed by atoms with Gasteiger partial charge < -0.3 is 29.7 Å². The number of benzene rings is 3. The maximum Gasteiger partial charge on any atom is 0.256 e. The molecule has 0 saturated carbocycles. The molecule has 1 amide bonds. The number of carbonyl (C=O) groups is 1. The number of nitrogens with zero attached hydrogens (tertiary/aromatic N) is 3. The van der Waals surface area contributed by atoms with Crippen molar-refractivity contribution in [1.29, 1.82) is 0 Å². The molecule has 5 aliphatic heterocycles. The molecule has 4 saturated heterocycles. The lowest BCUT2D eigenvalue weighted by Crippen LogP contribution is -2.53. The van der Waals surface area contributed by atoms with E-state index < -0.39 is 17.2 Å². The molecule has 8 nitrogen and oxygen atoms in total. The third-order valence-electron chi connectivity index (χ3n) is 10.2. The third-order valence-corrected chi connectivity index (χ3v) is 10.2. The molecular weight excluding hydrogens is 545 g/mol. The first kappa shape index (κ1) is 26.7. The topological polar surface area (TPSA) is 78.8 Å². The number of nitrogens with one attached hydrogen (secondary N) is 2. The van der Waals surface area contributed by atoms with E-state index in [1.807, 2.05) is 41.0 Å². The van der Waals surface area contributed by atoms with Crippen LogP contribution in [0, 0.1) is 11.7 Å². The van der Waals surface area contributed by atoms with Crippen LogP contribution in [-0.2, 0) is 0 Å². The predicted octanol–water partition coefficient (Wildman–Crippen LogP) is 5.11. The van der Waals surface area contributed by atoms with Gasteiger partial charge in [0.15, 0.2) is 17.3 Å². The number of likely N-dealkylation sites (tertiary alicyclic amines) is 1. The highest BCUT2D eigenvalue weighted by atomic mass is 19.1. The van der Waals surface area contributed by atoms with Gasteiger partial charge in [-0.25, -0.2) is 4.39 Å². The van der Waals surface area contributed by atoms with Crippen molar-refractivity contribution < 1.29 is 13.9 Å². The molecule has 3 aromatic carbocycles. The van der Waals surface area contributed by atoms with Crippen LogP contribution >= 0.6 is 0 Å². The fourth-order valence-corrected chi connectivity index (χ4v) is 7.70. The normalized spacial score (nSPS) is 24.2. The Morgan fingerprint density at radius 2 is 1.86 bits per heavy atom. The summed E-state index contributed by atoms with van der Waals surface area (Å²) in [5.41, 5.74) is 0.956.